The standard InChI is InChI=1S/C21H17BrN4O4/c1-13-6-11-16(30-13)12-23-26-21(29)20(28)25-18-5-3-2-4-17(18)19(27)24-15-9-7-14(22)8-10-15/h2-12H,1H3,(H,24,27)(H,25,28)(H,26,29)/b23-12-. The Morgan fingerprint density at radius 2 is 1.67 bits per heavy atom. The number of nitrogens with one attached hydrogen (secondary N) is 3. The van der Waals surface area contributed by atoms with Gasteiger partial charge in [0, 0.05) is 10.2 Å². The summed E-state index contributed by atoms with van der Waals surface area (Å²) in [6.45, 7) is 1.77. The van der Waals surface area contributed by atoms with Crippen molar-refractivity contribution < 1.29 is 18.8 Å². The monoisotopic (exact) mass is 468 g/mol. The minimum absolute atomic E-state index is 0.193. The van der Waals surface area contributed by atoms with E-state index < -0.39 is 17.7 Å². The number of hydrazone groups is 1. The van der Waals surface area contributed by atoms with Crippen LogP contribution in [0.1, 0.15) is 21.9 Å². The molecule has 1 heterocycles. The normalized spacial score (nSPS) is 10.6. The molecule has 152 valence electrons. The molecule has 0 spiro atoms. The summed E-state index contributed by atoms with van der Waals surface area (Å²) in [5.41, 5.74) is 3.09. The second kappa shape index (κ2) is 9.66. The van der Waals surface area contributed by atoms with E-state index in [1.165, 1.54) is 12.3 Å². The predicted molar refractivity (Wildman–Crippen MR) is 116 cm³/mol. The minimum atomic E-state index is -0.988. The Labute approximate surface area is 180 Å². The molecule has 0 aliphatic carbocycles. The number of hydrogen-bond acceptors (Lipinski definition) is 5. The van der Waals surface area contributed by atoms with Crippen LogP contribution < -0.4 is 16.1 Å². The number of benzene rings is 2. The van der Waals surface area contributed by atoms with Gasteiger partial charge in [-0.3, -0.25) is 14.4 Å². The first-order valence-electron chi connectivity index (χ1n) is 8.79. The number of aryl methyl sites for hydroxylation is 1. The predicted octanol–water partition coefficient (Wildman–Crippen LogP) is 3.69. The number of nitrogens with zero attached hydrogens (tertiary/aromatic N) is 1. The van der Waals surface area contributed by atoms with E-state index in [2.05, 4.69) is 37.1 Å². The van der Waals surface area contributed by atoms with E-state index in [4.69, 9.17) is 4.42 Å². The molecule has 3 aromatic rings. The Morgan fingerprint density at radius 3 is 2.37 bits per heavy atom. The molecule has 3 rings (SSSR count). The third kappa shape index (κ3) is 5.65. The van der Waals surface area contributed by atoms with E-state index in [9.17, 15) is 14.4 Å². The lowest BCUT2D eigenvalue weighted by atomic mass is 10.1. The van der Waals surface area contributed by atoms with E-state index in [1.54, 1.807) is 61.5 Å². The summed E-state index contributed by atoms with van der Waals surface area (Å²) < 4.78 is 6.15. The van der Waals surface area contributed by atoms with Crippen molar-refractivity contribution in [2.24, 2.45) is 5.10 Å². The maximum atomic E-state index is 12.6. The molecular weight excluding hydrogens is 452 g/mol. The molecule has 0 bridgehead atoms. The van der Waals surface area contributed by atoms with E-state index in [0.29, 0.717) is 17.2 Å². The van der Waals surface area contributed by atoms with Crippen molar-refractivity contribution in [3.8, 4) is 0 Å². The molecule has 9 heteroatoms. The smallest absolute Gasteiger partial charge is 0.329 e. The molecule has 0 unspecified atom stereocenters. The zero-order valence-corrected chi connectivity index (χ0v) is 17.4. The van der Waals surface area contributed by atoms with Crippen LogP contribution in [0.2, 0.25) is 0 Å². The van der Waals surface area contributed by atoms with E-state index >= 15 is 0 Å². The summed E-state index contributed by atoms with van der Waals surface area (Å²) in [5, 5.41) is 8.84. The summed E-state index contributed by atoms with van der Waals surface area (Å²) in [4.78, 5) is 36.7. The zero-order valence-electron chi connectivity index (χ0n) is 15.8. The van der Waals surface area contributed by atoms with Crippen LogP contribution >= 0.6 is 15.9 Å². The van der Waals surface area contributed by atoms with Crippen LogP contribution in [0.25, 0.3) is 0 Å². The molecular formula is C21H17BrN4O4. The lowest BCUT2D eigenvalue weighted by Gasteiger charge is -2.11. The quantitative estimate of drug-likeness (QED) is 0.301. The number of para-hydroxylation sites is 1. The molecule has 0 fully saturated rings. The molecule has 0 saturated heterocycles. The summed E-state index contributed by atoms with van der Waals surface area (Å²) in [7, 11) is 0. The summed E-state index contributed by atoms with van der Waals surface area (Å²) >= 11 is 3.33. The fourth-order valence-corrected chi connectivity index (χ4v) is 2.69. The van der Waals surface area contributed by atoms with Gasteiger partial charge in [-0.25, -0.2) is 5.43 Å². The Morgan fingerprint density at radius 1 is 0.933 bits per heavy atom. The van der Waals surface area contributed by atoms with Crippen LogP contribution in [-0.4, -0.2) is 23.9 Å². The molecule has 1 aromatic heterocycles. The highest BCUT2D eigenvalue weighted by molar-refractivity contribution is 9.10. The third-order valence-electron chi connectivity index (χ3n) is 3.85. The number of rotatable bonds is 5. The molecule has 3 N–H and O–H groups in total. The van der Waals surface area contributed by atoms with Crippen molar-refractivity contribution in [2.75, 3.05) is 10.6 Å². The summed E-state index contributed by atoms with van der Waals surface area (Å²) in [5.74, 6) is -1.26. The Bertz CT molecular complexity index is 1110. The van der Waals surface area contributed by atoms with Crippen molar-refractivity contribution in [2.45, 2.75) is 6.92 Å². The topological polar surface area (TPSA) is 113 Å². The highest BCUT2D eigenvalue weighted by atomic mass is 79.9. The van der Waals surface area contributed by atoms with Crippen molar-refractivity contribution >= 4 is 51.2 Å². The van der Waals surface area contributed by atoms with Gasteiger partial charge in [0.25, 0.3) is 5.91 Å². The van der Waals surface area contributed by atoms with Gasteiger partial charge in [-0.2, -0.15) is 5.10 Å². The lowest BCUT2D eigenvalue weighted by Crippen LogP contribution is -2.33. The zero-order chi connectivity index (χ0) is 21.5. The van der Waals surface area contributed by atoms with Crippen LogP contribution in [0.4, 0.5) is 11.4 Å². The Hall–Kier alpha value is -3.72. The number of amides is 3. The molecule has 0 saturated carbocycles. The maximum absolute atomic E-state index is 12.6. The van der Waals surface area contributed by atoms with Crippen molar-refractivity contribution in [3.05, 3.63) is 82.2 Å². The van der Waals surface area contributed by atoms with Crippen molar-refractivity contribution in [1.29, 1.82) is 0 Å². The number of anilines is 2. The van der Waals surface area contributed by atoms with Gasteiger partial charge in [0.1, 0.15) is 11.5 Å². The SMILES string of the molecule is Cc1ccc(/C=N\NC(=O)C(=O)Nc2ccccc2C(=O)Nc2ccc(Br)cc2)o1. The second-order valence-electron chi connectivity index (χ2n) is 6.11. The molecule has 0 aliphatic heterocycles. The number of carbonyl (C=O) groups is 3. The molecule has 0 aliphatic rings. The number of furan rings is 1. The largest absolute Gasteiger partial charge is 0.460 e. The summed E-state index contributed by atoms with van der Waals surface area (Å²) in [6.07, 6.45) is 1.28. The van der Waals surface area contributed by atoms with Gasteiger partial charge in [0.2, 0.25) is 0 Å². The second-order valence-corrected chi connectivity index (χ2v) is 7.02. The maximum Gasteiger partial charge on any atom is 0.329 e. The van der Waals surface area contributed by atoms with Crippen LogP contribution in [0.3, 0.4) is 0 Å². The first-order chi connectivity index (χ1) is 14.4. The average Bonchev–Trinajstić information content (AvgIpc) is 3.15. The molecule has 3 amide bonds. The van der Waals surface area contributed by atoms with Gasteiger partial charge in [-0.15, -0.1) is 0 Å². The fourth-order valence-electron chi connectivity index (χ4n) is 2.43. The first-order valence-corrected chi connectivity index (χ1v) is 9.58. The molecule has 2 aromatic carbocycles. The number of halogens is 1. The van der Waals surface area contributed by atoms with Gasteiger partial charge >= 0.3 is 11.8 Å². The third-order valence-corrected chi connectivity index (χ3v) is 4.38. The first kappa shape index (κ1) is 21.0. The molecule has 0 atom stereocenters. The van der Waals surface area contributed by atoms with Crippen molar-refractivity contribution in [3.63, 3.8) is 0 Å². The van der Waals surface area contributed by atoms with Crippen LogP contribution in [0, 0.1) is 6.92 Å². The van der Waals surface area contributed by atoms with Gasteiger partial charge < -0.3 is 15.1 Å². The average molecular weight is 469 g/mol. The van der Waals surface area contributed by atoms with E-state index in [0.717, 1.165) is 4.47 Å². The van der Waals surface area contributed by atoms with Gasteiger partial charge in [-0.05, 0) is 55.5 Å². The number of hydrogen-bond donors (Lipinski definition) is 3. The van der Waals surface area contributed by atoms with Gasteiger partial charge in [0.15, 0.2) is 0 Å². The Balaban J connectivity index is 1.63. The van der Waals surface area contributed by atoms with Gasteiger partial charge in [-0.1, -0.05) is 28.1 Å². The fraction of sp³-hybridized carbons (Fsp3) is 0.0476. The van der Waals surface area contributed by atoms with Gasteiger partial charge in [0.05, 0.1) is 17.5 Å². The number of carbonyl (C=O) groups excluding carboxylic acids is 3. The molecule has 0 radical (unpaired) electrons. The highest BCUT2D eigenvalue weighted by Crippen LogP contribution is 2.19. The van der Waals surface area contributed by atoms with Crippen LogP contribution in [0.5, 0.6) is 0 Å². The Kier molecular flexibility index (Phi) is 6.76. The lowest BCUT2D eigenvalue weighted by molar-refractivity contribution is -0.136. The van der Waals surface area contributed by atoms with Crippen LogP contribution in [-0.2, 0) is 9.59 Å². The van der Waals surface area contributed by atoms with Crippen molar-refractivity contribution in [1.82, 2.24) is 5.43 Å². The molecule has 30 heavy (non-hydrogen) atoms. The minimum Gasteiger partial charge on any atom is -0.460 e. The molecule has 8 nitrogen and oxygen atoms in total. The highest BCUT2D eigenvalue weighted by Gasteiger charge is 2.17. The van der Waals surface area contributed by atoms with E-state index in [1.807, 2.05) is 0 Å². The summed E-state index contributed by atoms with van der Waals surface area (Å²) in [6, 6.07) is 16.8. The van der Waals surface area contributed by atoms with Crippen LogP contribution in [0.15, 0.2) is 74.7 Å². The van der Waals surface area contributed by atoms with E-state index in [-0.39, 0.29) is 11.3 Å².